The third-order valence-corrected chi connectivity index (χ3v) is 3.59. The third-order valence-electron chi connectivity index (χ3n) is 3.59. The van der Waals surface area contributed by atoms with Gasteiger partial charge < -0.3 is 10.2 Å². The van der Waals surface area contributed by atoms with Crippen LogP contribution < -0.4 is 5.32 Å². The molecular formula is C18H17F3N2O2. The van der Waals surface area contributed by atoms with Crippen LogP contribution in [0.5, 0.6) is 0 Å². The molecule has 0 heterocycles. The van der Waals surface area contributed by atoms with Crippen LogP contribution >= 0.6 is 0 Å². The molecular weight excluding hydrogens is 333 g/mol. The van der Waals surface area contributed by atoms with E-state index in [2.05, 4.69) is 5.32 Å². The summed E-state index contributed by atoms with van der Waals surface area (Å²) in [6.45, 7) is 1.17. The van der Waals surface area contributed by atoms with Gasteiger partial charge in [-0.2, -0.15) is 0 Å². The van der Waals surface area contributed by atoms with Crippen molar-refractivity contribution in [1.82, 2.24) is 4.90 Å². The molecule has 0 saturated heterocycles. The normalized spacial score (nSPS) is 10.4. The summed E-state index contributed by atoms with van der Waals surface area (Å²) in [5, 5.41) is 2.14. The van der Waals surface area contributed by atoms with Crippen LogP contribution in [0.3, 0.4) is 0 Å². The lowest BCUT2D eigenvalue weighted by Gasteiger charge is -2.20. The van der Waals surface area contributed by atoms with Crippen molar-refractivity contribution in [1.29, 1.82) is 0 Å². The molecule has 2 rings (SSSR count). The Morgan fingerprint density at radius 1 is 1.00 bits per heavy atom. The first-order chi connectivity index (χ1) is 11.9. The molecule has 25 heavy (non-hydrogen) atoms. The van der Waals surface area contributed by atoms with Gasteiger partial charge in [-0.25, -0.2) is 13.2 Å². The van der Waals surface area contributed by atoms with Crippen LogP contribution in [0.25, 0.3) is 0 Å². The first kappa shape index (κ1) is 18.5. The molecule has 0 aliphatic carbocycles. The van der Waals surface area contributed by atoms with E-state index in [0.29, 0.717) is 6.42 Å². The summed E-state index contributed by atoms with van der Waals surface area (Å²) in [5.41, 5.74) is 0.253. The summed E-state index contributed by atoms with van der Waals surface area (Å²) in [4.78, 5) is 24.9. The van der Waals surface area contributed by atoms with Crippen LogP contribution in [0, 0.1) is 17.5 Å². The van der Waals surface area contributed by atoms with E-state index in [0.717, 1.165) is 17.7 Å². The average Bonchev–Trinajstić information content (AvgIpc) is 2.56. The van der Waals surface area contributed by atoms with Crippen molar-refractivity contribution in [3.63, 3.8) is 0 Å². The number of hydrogen-bond acceptors (Lipinski definition) is 2. The number of nitrogens with zero attached hydrogens (tertiary/aromatic N) is 1. The van der Waals surface area contributed by atoms with Gasteiger partial charge in [-0.05, 0) is 36.2 Å². The predicted molar refractivity (Wildman–Crippen MR) is 87.3 cm³/mol. The number of benzene rings is 2. The lowest BCUT2D eigenvalue weighted by atomic mass is 10.1. The Bertz CT molecular complexity index is 743. The first-order valence-corrected chi connectivity index (χ1v) is 7.60. The zero-order valence-corrected chi connectivity index (χ0v) is 13.6. The van der Waals surface area contributed by atoms with Crippen molar-refractivity contribution in [3.8, 4) is 0 Å². The second kappa shape index (κ2) is 8.32. The molecule has 0 saturated carbocycles. The minimum absolute atomic E-state index is 0.216. The number of amides is 2. The molecule has 0 atom stereocenters. The number of rotatable bonds is 6. The van der Waals surface area contributed by atoms with E-state index in [4.69, 9.17) is 0 Å². The summed E-state index contributed by atoms with van der Waals surface area (Å²) in [7, 11) is 0. The smallest absolute Gasteiger partial charge is 0.244 e. The molecule has 4 nitrogen and oxygen atoms in total. The number of carbonyl (C=O) groups is 2. The van der Waals surface area contributed by atoms with Crippen molar-refractivity contribution in [3.05, 3.63) is 65.5 Å². The number of halogens is 3. The van der Waals surface area contributed by atoms with Crippen molar-refractivity contribution >= 4 is 17.5 Å². The molecule has 2 aromatic carbocycles. The van der Waals surface area contributed by atoms with Gasteiger partial charge in [0.1, 0.15) is 23.1 Å². The standard InChI is InChI=1S/C18H17F3N2O2/c1-12(24)23(10-9-13-5-7-14(19)8-6-13)11-17(25)22-18-15(20)3-2-4-16(18)21/h2-8H,9-11H2,1H3,(H,22,25). The van der Waals surface area contributed by atoms with Crippen LogP contribution in [0.2, 0.25) is 0 Å². The van der Waals surface area contributed by atoms with E-state index in [1.165, 1.54) is 30.0 Å². The van der Waals surface area contributed by atoms with Crippen molar-refractivity contribution in [2.45, 2.75) is 13.3 Å². The van der Waals surface area contributed by atoms with E-state index in [1.54, 1.807) is 12.1 Å². The summed E-state index contributed by atoms with van der Waals surface area (Å²) in [5.74, 6) is -3.22. The molecule has 0 spiro atoms. The van der Waals surface area contributed by atoms with E-state index in [1.807, 2.05) is 0 Å². The molecule has 132 valence electrons. The molecule has 0 aliphatic heterocycles. The Kier molecular flexibility index (Phi) is 6.16. The molecule has 0 unspecified atom stereocenters. The summed E-state index contributed by atoms with van der Waals surface area (Å²) >= 11 is 0. The average molecular weight is 350 g/mol. The Morgan fingerprint density at radius 2 is 1.60 bits per heavy atom. The Balaban J connectivity index is 1.97. The second-order valence-corrected chi connectivity index (χ2v) is 5.46. The molecule has 0 bridgehead atoms. The van der Waals surface area contributed by atoms with Crippen LogP contribution in [0.15, 0.2) is 42.5 Å². The van der Waals surface area contributed by atoms with Gasteiger partial charge in [0.05, 0.1) is 6.54 Å². The number of hydrogen-bond donors (Lipinski definition) is 1. The largest absolute Gasteiger partial charge is 0.333 e. The van der Waals surface area contributed by atoms with Crippen molar-refractivity contribution in [2.75, 3.05) is 18.4 Å². The maximum atomic E-state index is 13.5. The molecule has 2 amide bonds. The molecule has 0 aromatic heterocycles. The highest BCUT2D eigenvalue weighted by atomic mass is 19.1. The zero-order chi connectivity index (χ0) is 18.4. The van der Waals surface area contributed by atoms with E-state index in [-0.39, 0.29) is 24.8 Å². The highest BCUT2D eigenvalue weighted by molar-refractivity contribution is 5.94. The topological polar surface area (TPSA) is 49.4 Å². The SMILES string of the molecule is CC(=O)N(CCc1ccc(F)cc1)CC(=O)Nc1c(F)cccc1F. The summed E-state index contributed by atoms with van der Waals surface area (Å²) in [6.07, 6.45) is 0.418. The molecule has 0 aliphatic rings. The van der Waals surface area contributed by atoms with Gasteiger partial charge in [0, 0.05) is 13.5 Å². The maximum Gasteiger partial charge on any atom is 0.244 e. The molecule has 1 N–H and O–H groups in total. The van der Waals surface area contributed by atoms with Gasteiger partial charge in [-0.3, -0.25) is 9.59 Å². The number of nitrogens with one attached hydrogen (secondary N) is 1. The Hall–Kier alpha value is -2.83. The van der Waals surface area contributed by atoms with Gasteiger partial charge in [-0.15, -0.1) is 0 Å². The number of carbonyl (C=O) groups excluding carboxylic acids is 2. The summed E-state index contributed by atoms with van der Waals surface area (Å²) < 4.78 is 40.0. The van der Waals surface area contributed by atoms with Gasteiger partial charge in [0.15, 0.2) is 0 Å². The van der Waals surface area contributed by atoms with Crippen molar-refractivity contribution < 1.29 is 22.8 Å². The minimum Gasteiger partial charge on any atom is -0.333 e. The van der Waals surface area contributed by atoms with E-state index in [9.17, 15) is 22.8 Å². The highest BCUT2D eigenvalue weighted by Crippen LogP contribution is 2.17. The van der Waals surface area contributed by atoms with Gasteiger partial charge in [-0.1, -0.05) is 18.2 Å². The first-order valence-electron chi connectivity index (χ1n) is 7.60. The van der Waals surface area contributed by atoms with Crippen LogP contribution in [0.1, 0.15) is 12.5 Å². The molecule has 2 aromatic rings. The summed E-state index contributed by atoms with van der Waals surface area (Å²) in [6, 6.07) is 9.02. The fourth-order valence-electron chi connectivity index (χ4n) is 2.23. The molecule has 0 radical (unpaired) electrons. The second-order valence-electron chi connectivity index (χ2n) is 5.46. The fraction of sp³-hybridized carbons (Fsp3) is 0.222. The maximum absolute atomic E-state index is 13.5. The molecule has 7 heteroatoms. The number of anilines is 1. The third kappa shape index (κ3) is 5.34. The zero-order valence-electron chi connectivity index (χ0n) is 13.6. The minimum atomic E-state index is -0.894. The number of para-hydroxylation sites is 1. The lowest BCUT2D eigenvalue weighted by molar-refractivity contribution is -0.132. The van der Waals surface area contributed by atoms with Gasteiger partial charge >= 0.3 is 0 Å². The molecule has 0 fully saturated rings. The quantitative estimate of drug-likeness (QED) is 0.870. The van der Waals surface area contributed by atoms with Crippen LogP contribution in [-0.2, 0) is 16.0 Å². The predicted octanol–water partition coefficient (Wildman–Crippen LogP) is 3.13. The van der Waals surface area contributed by atoms with Gasteiger partial charge in [0.2, 0.25) is 11.8 Å². The van der Waals surface area contributed by atoms with Crippen molar-refractivity contribution in [2.24, 2.45) is 0 Å². The van der Waals surface area contributed by atoms with E-state index < -0.39 is 23.2 Å². The van der Waals surface area contributed by atoms with Gasteiger partial charge in [0.25, 0.3) is 0 Å². The Morgan fingerprint density at radius 3 is 2.16 bits per heavy atom. The van der Waals surface area contributed by atoms with E-state index >= 15 is 0 Å². The Labute approximate surface area is 143 Å². The monoisotopic (exact) mass is 350 g/mol. The van der Waals surface area contributed by atoms with Crippen LogP contribution in [0.4, 0.5) is 18.9 Å². The fourth-order valence-corrected chi connectivity index (χ4v) is 2.23. The van der Waals surface area contributed by atoms with Crippen LogP contribution in [-0.4, -0.2) is 29.8 Å². The highest BCUT2D eigenvalue weighted by Gasteiger charge is 2.17. The lowest BCUT2D eigenvalue weighted by Crippen LogP contribution is -2.38.